The van der Waals surface area contributed by atoms with Crippen molar-refractivity contribution >= 4 is 11.8 Å². The maximum absolute atomic E-state index is 13.1. The van der Waals surface area contributed by atoms with Crippen LogP contribution >= 0.6 is 0 Å². The van der Waals surface area contributed by atoms with Gasteiger partial charge in [0.1, 0.15) is 5.82 Å². The summed E-state index contributed by atoms with van der Waals surface area (Å²) in [6.45, 7) is 2.67. The molecule has 1 aromatic heterocycles. The Kier molecular flexibility index (Phi) is 5.98. The Bertz CT molecular complexity index is 552. The van der Waals surface area contributed by atoms with Crippen LogP contribution in [0.3, 0.4) is 0 Å². The van der Waals surface area contributed by atoms with Crippen LogP contribution in [0.5, 0.6) is 0 Å². The zero-order valence-electron chi connectivity index (χ0n) is 14.3. The van der Waals surface area contributed by atoms with Gasteiger partial charge < -0.3 is 16.0 Å². The molecule has 140 valence electrons. The molecular formula is C17H26F3N5. The number of halogens is 3. The lowest BCUT2D eigenvalue weighted by molar-refractivity contribution is -0.141. The highest BCUT2D eigenvalue weighted by molar-refractivity contribution is 5.43. The summed E-state index contributed by atoms with van der Waals surface area (Å²) in [6, 6.07) is 1.17. The summed E-state index contributed by atoms with van der Waals surface area (Å²) < 4.78 is 39.4. The van der Waals surface area contributed by atoms with Gasteiger partial charge in [-0.15, -0.1) is 0 Å². The third kappa shape index (κ3) is 5.45. The van der Waals surface area contributed by atoms with Crippen LogP contribution in [0.15, 0.2) is 6.07 Å². The van der Waals surface area contributed by atoms with Gasteiger partial charge in [0.05, 0.1) is 0 Å². The van der Waals surface area contributed by atoms with E-state index in [4.69, 9.17) is 0 Å². The highest BCUT2D eigenvalue weighted by Gasteiger charge is 2.34. The minimum absolute atomic E-state index is 0.0751. The van der Waals surface area contributed by atoms with E-state index in [1.807, 2.05) is 0 Å². The van der Waals surface area contributed by atoms with Crippen molar-refractivity contribution in [2.45, 2.75) is 57.2 Å². The zero-order chi connectivity index (χ0) is 17.7. The predicted octanol–water partition coefficient (Wildman–Crippen LogP) is 3.65. The number of rotatable bonds is 6. The van der Waals surface area contributed by atoms with Crippen LogP contribution < -0.4 is 16.0 Å². The Morgan fingerprint density at radius 3 is 2.48 bits per heavy atom. The van der Waals surface area contributed by atoms with Crippen molar-refractivity contribution in [2.75, 3.05) is 30.3 Å². The van der Waals surface area contributed by atoms with Gasteiger partial charge in [0.2, 0.25) is 5.95 Å². The minimum atomic E-state index is -4.47. The Hall–Kier alpha value is -1.57. The summed E-state index contributed by atoms with van der Waals surface area (Å²) >= 11 is 0. The van der Waals surface area contributed by atoms with E-state index in [1.165, 1.54) is 0 Å². The molecule has 0 unspecified atom stereocenters. The van der Waals surface area contributed by atoms with E-state index >= 15 is 0 Å². The van der Waals surface area contributed by atoms with E-state index in [-0.39, 0.29) is 17.8 Å². The fourth-order valence-corrected chi connectivity index (χ4v) is 3.58. The smallest absolute Gasteiger partial charge is 0.370 e. The maximum Gasteiger partial charge on any atom is 0.433 e. The Labute approximate surface area is 146 Å². The van der Waals surface area contributed by atoms with Gasteiger partial charge in [0.15, 0.2) is 5.69 Å². The molecule has 2 heterocycles. The van der Waals surface area contributed by atoms with E-state index in [2.05, 4.69) is 25.9 Å². The topological polar surface area (TPSA) is 61.9 Å². The molecule has 5 nitrogen and oxygen atoms in total. The van der Waals surface area contributed by atoms with Crippen molar-refractivity contribution in [2.24, 2.45) is 5.92 Å². The lowest BCUT2D eigenvalue weighted by Gasteiger charge is -2.22. The molecule has 1 saturated carbocycles. The van der Waals surface area contributed by atoms with Crippen LogP contribution in [-0.4, -0.2) is 35.6 Å². The van der Waals surface area contributed by atoms with Crippen molar-refractivity contribution in [3.8, 4) is 0 Å². The molecule has 1 aromatic rings. The van der Waals surface area contributed by atoms with Crippen LogP contribution in [0.2, 0.25) is 0 Å². The van der Waals surface area contributed by atoms with Crippen LogP contribution in [0, 0.1) is 5.92 Å². The first kappa shape index (κ1) is 18.2. The van der Waals surface area contributed by atoms with E-state index < -0.39 is 11.9 Å². The maximum atomic E-state index is 13.1. The fraction of sp³-hybridized carbons (Fsp3) is 0.765. The van der Waals surface area contributed by atoms with Gasteiger partial charge in [-0.3, -0.25) is 0 Å². The van der Waals surface area contributed by atoms with Crippen molar-refractivity contribution in [1.29, 1.82) is 0 Å². The molecule has 0 radical (unpaired) electrons. The summed E-state index contributed by atoms with van der Waals surface area (Å²) in [5.74, 6) is 0.941. The molecule has 25 heavy (non-hydrogen) atoms. The molecule has 0 aromatic carbocycles. The van der Waals surface area contributed by atoms with Gasteiger partial charge in [-0.05, 0) is 51.1 Å². The predicted molar refractivity (Wildman–Crippen MR) is 91.6 cm³/mol. The third-order valence-electron chi connectivity index (χ3n) is 5.02. The van der Waals surface area contributed by atoms with Gasteiger partial charge >= 0.3 is 6.18 Å². The largest absolute Gasteiger partial charge is 0.433 e. The number of aromatic nitrogens is 2. The van der Waals surface area contributed by atoms with Crippen LogP contribution in [0.25, 0.3) is 0 Å². The monoisotopic (exact) mass is 357 g/mol. The van der Waals surface area contributed by atoms with E-state index in [9.17, 15) is 13.2 Å². The molecule has 1 saturated heterocycles. The van der Waals surface area contributed by atoms with Crippen molar-refractivity contribution in [3.63, 3.8) is 0 Å². The van der Waals surface area contributed by atoms with Crippen LogP contribution in [0.1, 0.15) is 50.6 Å². The second-order valence-corrected chi connectivity index (χ2v) is 6.99. The first-order chi connectivity index (χ1) is 12.0. The number of hydrogen-bond donors (Lipinski definition) is 3. The van der Waals surface area contributed by atoms with Gasteiger partial charge in [0, 0.05) is 18.7 Å². The van der Waals surface area contributed by atoms with Crippen molar-refractivity contribution in [1.82, 2.24) is 15.3 Å². The molecule has 8 heteroatoms. The normalized spacial score (nSPS) is 20.0. The highest BCUT2D eigenvalue weighted by atomic mass is 19.4. The summed E-state index contributed by atoms with van der Waals surface area (Å²) in [5, 5.41) is 9.44. The summed E-state index contributed by atoms with van der Waals surface area (Å²) in [4.78, 5) is 7.92. The van der Waals surface area contributed by atoms with Crippen LogP contribution in [0.4, 0.5) is 24.9 Å². The molecule has 3 rings (SSSR count). The molecule has 2 aliphatic rings. The first-order valence-electron chi connectivity index (χ1n) is 9.18. The SMILES string of the molecule is FC(F)(F)c1cc(NCCC2CCNCC2)nc(NC2CCCC2)n1. The molecule has 0 amide bonds. The number of anilines is 2. The quantitative estimate of drug-likeness (QED) is 0.725. The molecule has 1 aliphatic heterocycles. The van der Waals surface area contributed by atoms with Crippen molar-refractivity contribution < 1.29 is 13.2 Å². The fourth-order valence-electron chi connectivity index (χ4n) is 3.58. The minimum Gasteiger partial charge on any atom is -0.370 e. The van der Waals surface area contributed by atoms with Gasteiger partial charge in [0.25, 0.3) is 0 Å². The highest BCUT2D eigenvalue weighted by Crippen LogP contribution is 2.30. The van der Waals surface area contributed by atoms with Gasteiger partial charge in [-0.25, -0.2) is 4.98 Å². The standard InChI is InChI=1S/C17H26F3N5/c18-17(19,20)14-11-15(22-10-7-12-5-8-21-9-6-12)25-16(24-14)23-13-3-1-2-4-13/h11-13,21H,1-10H2,(H2,22,23,24,25). The van der Waals surface area contributed by atoms with Gasteiger partial charge in [-0.2, -0.15) is 18.2 Å². The molecule has 3 N–H and O–H groups in total. The summed E-state index contributed by atoms with van der Waals surface area (Å²) in [5.41, 5.74) is -0.896. The number of nitrogens with zero attached hydrogens (tertiary/aromatic N) is 2. The van der Waals surface area contributed by atoms with E-state index in [1.54, 1.807) is 0 Å². The Morgan fingerprint density at radius 2 is 1.80 bits per heavy atom. The third-order valence-corrected chi connectivity index (χ3v) is 5.02. The summed E-state index contributed by atoms with van der Waals surface area (Å²) in [7, 11) is 0. The molecule has 1 aliphatic carbocycles. The van der Waals surface area contributed by atoms with E-state index in [0.29, 0.717) is 12.5 Å². The number of nitrogens with one attached hydrogen (secondary N) is 3. The number of piperidine rings is 1. The number of alkyl halides is 3. The molecule has 0 spiro atoms. The summed E-state index contributed by atoms with van der Waals surface area (Å²) in [6.07, 6.45) is 2.81. The first-order valence-corrected chi connectivity index (χ1v) is 9.18. The molecular weight excluding hydrogens is 331 g/mol. The number of hydrogen-bond acceptors (Lipinski definition) is 5. The lowest BCUT2D eigenvalue weighted by Crippen LogP contribution is -2.28. The van der Waals surface area contributed by atoms with Crippen molar-refractivity contribution in [3.05, 3.63) is 11.8 Å². The lowest BCUT2D eigenvalue weighted by atomic mass is 9.95. The second kappa shape index (κ2) is 8.21. The molecule has 2 fully saturated rings. The average molecular weight is 357 g/mol. The Morgan fingerprint density at radius 1 is 1.08 bits per heavy atom. The molecule has 0 atom stereocenters. The van der Waals surface area contributed by atoms with Gasteiger partial charge in [-0.1, -0.05) is 12.8 Å². The van der Waals surface area contributed by atoms with Crippen LogP contribution in [-0.2, 0) is 6.18 Å². The average Bonchev–Trinajstić information content (AvgIpc) is 3.08. The van der Waals surface area contributed by atoms with E-state index in [0.717, 1.165) is 64.1 Å². The Balaban J connectivity index is 1.63. The zero-order valence-corrected chi connectivity index (χ0v) is 14.3. The second-order valence-electron chi connectivity index (χ2n) is 6.99. The molecule has 0 bridgehead atoms.